The molecule has 6 rings (SSSR count). The zero-order valence-electron chi connectivity index (χ0n) is 28.4. The van der Waals surface area contributed by atoms with Crippen LogP contribution in [0.1, 0.15) is 76.0 Å². The van der Waals surface area contributed by atoms with E-state index in [1.807, 2.05) is 65.0 Å². The first-order valence-corrected chi connectivity index (χ1v) is 16.2. The number of esters is 1. The van der Waals surface area contributed by atoms with Gasteiger partial charge in [-0.1, -0.05) is 103 Å². The van der Waals surface area contributed by atoms with Crippen LogP contribution in [0.15, 0.2) is 121 Å². The molecule has 0 saturated carbocycles. The molecule has 0 N–H and O–H groups in total. The summed E-state index contributed by atoms with van der Waals surface area (Å²) in [5.41, 5.74) is 8.29. The summed E-state index contributed by atoms with van der Waals surface area (Å²) in [6.07, 6.45) is 2.13. The third-order valence-corrected chi connectivity index (χ3v) is 8.91. The van der Waals surface area contributed by atoms with Crippen molar-refractivity contribution < 1.29 is 9.53 Å². The number of nitriles is 1. The molecule has 0 aliphatic carbocycles. The third-order valence-electron chi connectivity index (χ3n) is 8.91. The van der Waals surface area contributed by atoms with Crippen LogP contribution >= 0.6 is 0 Å². The van der Waals surface area contributed by atoms with Gasteiger partial charge < -0.3 is 9.30 Å². The fourth-order valence-electron chi connectivity index (χ4n) is 6.67. The van der Waals surface area contributed by atoms with Crippen molar-refractivity contribution in [1.82, 2.24) is 14.3 Å². The quantitative estimate of drug-likeness (QED) is 0.124. The van der Waals surface area contributed by atoms with E-state index in [9.17, 15) is 10.1 Å². The van der Waals surface area contributed by atoms with E-state index in [0.717, 1.165) is 50.5 Å². The molecule has 48 heavy (non-hydrogen) atoms. The second-order valence-corrected chi connectivity index (χ2v) is 13.2. The van der Waals surface area contributed by atoms with E-state index < -0.39 is 11.1 Å². The highest BCUT2D eigenvalue weighted by Gasteiger charge is 2.40. The number of aromatic nitrogens is 3. The summed E-state index contributed by atoms with van der Waals surface area (Å²) in [6, 6.07) is 41.0. The first-order valence-electron chi connectivity index (χ1n) is 16.2. The largest absolute Gasteiger partial charge is 0.456 e. The van der Waals surface area contributed by atoms with Gasteiger partial charge >= 0.3 is 5.97 Å². The Labute approximate surface area is 282 Å². The Morgan fingerprint density at radius 3 is 1.71 bits per heavy atom. The van der Waals surface area contributed by atoms with Crippen LogP contribution in [0.25, 0.3) is 11.1 Å². The van der Waals surface area contributed by atoms with Crippen molar-refractivity contribution >= 4 is 5.97 Å². The number of hydrogen-bond acceptors (Lipinski definition) is 4. The number of benzene rings is 4. The Balaban J connectivity index is 1.54. The first kappa shape index (κ1) is 32.3. The average molecular weight is 633 g/mol. The monoisotopic (exact) mass is 632 g/mol. The molecular formula is C42H40N4O2. The van der Waals surface area contributed by atoms with Gasteiger partial charge in [-0.2, -0.15) is 10.4 Å². The maximum absolute atomic E-state index is 13.8. The molecule has 0 fully saturated rings. The minimum absolute atomic E-state index is 0.375. The number of hydrogen-bond donors (Lipinski definition) is 0. The number of ether oxygens (including phenoxy) is 1. The smallest absolute Gasteiger partial charge is 0.341 e. The van der Waals surface area contributed by atoms with Gasteiger partial charge in [0.15, 0.2) is 0 Å². The van der Waals surface area contributed by atoms with Crippen molar-refractivity contribution in [2.45, 2.75) is 59.2 Å². The van der Waals surface area contributed by atoms with Crippen LogP contribution in [0.3, 0.4) is 0 Å². The summed E-state index contributed by atoms with van der Waals surface area (Å²) in [7, 11) is 0. The Bertz CT molecular complexity index is 2000. The van der Waals surface area contributed by atoms with Crippen molar-refractivity contribution in [3.63, 3.8) is 0 Å². The summed E-state index contributed by atoms with van der Waals surface area (Å²) in [6.45, 7) is 12.2. The molecule has 4 aromatic carbocycles. The lowest BCUT2D eigenvalue weighted by Gasteiger charge is -2.36. The van der Waals surface area contributed by atoms with Gasteiger partial charge in [0.05, 0.1) is 29.4 Å². The molecule has 0 saturated heterocycles. The fourth-order valence-corrected chi connectivity index (χ4v) is 6.67. The third kappa shape index (κ3) is 5.84. The maximum Gasteiger partial charge on any atom is 0.341 e. The van der Waals surface area contributed by atoms with Crippen LogP contribution in [0.2, 0.25) is 0 Å². The molecule has 0 bridgehead atoms. The molecule has 0 aliphatic rings. The van der Waals surface area contributed by atoms with E-state index in [2.05, 4.69) is 101 Å². The van der Waals surface area contributed by atoms with E-state index in [1.165, 1.54) is 0 Å². The Hall–Kier alpha value is -5.67. The van der Waals surface area contributed by atoms with Crippen LogP contribution in [0.4, 0.5) is 0 Å². The Kier molecular flexibility index (Phi) is 8.64. The minimum atomic E-state index is -0.733. The van der Waals surface area contributed by atoms with Gasteiger partial charge in [-0.25, -0.2) is 4.79 Å². The summed E-state index contributed by atoms with van der Waals surface area (Å²) in [4.78, 5) is 13.8. The molecule has 240 valence electrons. The highest BCUT2D eigenvalue weighted by atomic mass is 16.6. The molecule has 0 aliphatic heterocycles. The normalized spacial score (nSPS) is 11.7. The zero-order chi connectivity index (χ0) is 34.1. The lowest BCUT2D eigenvalue weighted by molar-refractivity contribution is 0.00694. The van der Waals surface area contributed by atoms with Gasteiger partial charge in [-0.3, -0.25) is 4.68 Å². The Morgan fingerprint density at radius 2 is 1.25 bits per heavy atom. The van der Waals surface area contributed by atoms with E-state index >= 15 is 0 Å². The number of carbonyl (C=O) groups is 1. The van der Waals surface area contributed by atoms with Crippen LogP contribution in [0.5, 0.6) is 0 Å². The molecule has 6 heteroatoms. The molecule has 0 unspecified atom stereocenters. The molecule has 0 radical (unpaired) electrons. The standard InChI is InChI=1S/C42H40N4O2/c1-29-27-46(42(34-16-10-7-11-17-34,35-18-12-8-13-19-35)36-20-14-9-15-21-36)44-37(29)28-45-30(2)38(33-24-22-32(26-43)23-25-33)39(31(45)3)40(47)48-41(4,5)6/h7-25,27H,28H2,1-6H3. The second-order valence-electron chi connectivity index (χ2n) is 13.2. The van der Waals surface area contributed by atoms with E-state index in [-0.39, 0.29) is 5.97 Å². The van der Waals surface area contributed by atoms with Crippen molar-refractivity contribution in [1.29, 1.82) is 5.26 Å². The first-order chi connectivity index (χ1) is 23.0. The molecular weight excluding hydrogens is 592 g/mol. The van der Waals surface area contributed by atoms with Gasteiger partial charge in [0.2, 0.25) is 0 Å². The second kappa shape index (κ2) is 12.8. The molecule has 6 aromatic rings. The molecule has 6 nitrogen and oxygen atoms in total. The summed E-state index contributed by atoms with van der Waals surface area (Å²) >= 11 is 0. The number of aryl methyl sites for hydroxylation is 1. The zero-order valence-corrected chi connectivity index (χ0v) is 28.4. The number of nitrogens with zero attached hydrogens (tertiary/aromatic N) is 4. The molecule has 2 heterocycles. The van der Waals surface area contributed by atoms with Crippen molar-refractivity contribution in [3.8, 4) is 17.2 Å². The van der Waals surface area contributed by atoms with E-state index in [0.29, 0.717) is 17.7 Å². The molecule has 0 atom stereocenters. The highest BCUT2D eigenvalue weighted by Crippen LogP contribution is 2.41. The van der Waals surface area contributed by atoms with Crippen LogP contribution < -0.4 is 0 Å². The van der Waals surface area contributed by atoms with Crippen molar-refractivity contribution in [3.05, 3.63) is 172 Å². The van der Waals surface area contributed by atoms with Gasteiger partial charge in [0, 0.05) is 23.1 Å². The lowest BCUT2D eigenvalue weighted by atomic mass is 9.77. The van der Waals surface area contributed by atoms with Gasteiger partial charge in [-0.05, 0) is 81.5 Å². The summed E-state index contributed by atoms with van der Waals surface area (Å²) < 4.78 is 10.2. The van der Waals surface area contributed by atoms with Crippen LogP contribution in [0, 0.1) is 32.1 Å². The SMILES string of the molecule is Cc1cn(C(c2ccccc2)(c2ccccc2)c2ccccc2)nc1Cn1c(C)c(C(=O)OC(C)(C)C)c(-c2ccc(C#N)cc2)c1C. The Morgan fingerprint density at radius 1 is 0.750 bits per heavy atom. The van der Waals surface area contributed by atoms with E-state index in [1.54, 1.807) is 12.1 Å². The number of rotatable bonds is 8. The fraction of sp³-hybridized carbons (Fsp3) is 0.214. The molecule has 0 amide bonds. The highest BCUT2D eigenvalue weighted by molar-refractivity contribution is 6.00. The lowest BCUT2D eigenvalue weighted by Crippen LogP contribution is -2.38. The summed E-state index contributed by atoms with van der Waals surface area (Å²) in [5.74, 6) is -0.375. The molecule has 2 aromatic heterocycles. The predicted molar refractivity (Wildman–Crippen MR) is 190 cm³/mol. The maximum atomic E-state index is 13.8. The molecule has 0 spiro atoms. The van der Waals surface area contributed by atoms with Crippen molar-refractivity contribution in [2.24, 2.45) is 0 Å². The van der Waals surface area contributed by atoms with Gasteiger partial charge in [0.1, 0.15) is 11.1 Å². The van der Waals surface area contributed by atoms with Gasteiger partial charge in [-0.15, -0.1) is 0 Å². The predicted octanol–water partition coefficient (Wildman–Crippen LogP) is 8.99. The minimum Gasteiger partial charge on any atom is -0.456 e. The van der Waals surface area contributed by atoms with Gasteiger partial charge in [0.25, 0.3) is 0 Å². The van der Waals surface area contributed by atoms with Crippen molar-refractivity contribution in [2.75, 3.05) is 0 Å². The topological polar surface area (TPSA) is 72.8 Å². The average Bonchev–Trinajstić information content (AvgIpc) is 3.57. The van der Waals surface area contributed by atoms with E-state index in [4.69, 9.17) is 9.84 Å². The summed E-state index contributed by atoms with van der Waals surface area (Å²) in [5, 5.41) is 14.8. The number of carbonyl (C=O) groups excluding carboxylic acids is 1. The van der Waals surface area contributed by atoms with Crippen LogP contribution in [-0.4, -0.2) is 25.9 Å². The van der Waals surface area contributed by atoms with Crippen LogP contribution in [-0.2, 0) is 16.8 Å².